The Labute approximate surface area is 152 Å². The first-order valence-corrected chi connectivity index (χ1v) is 9.09. The van der Waals surface area contributed by atoms with Gasteiger partial charge in [-0.25, -0.2) is 0 Å². The molecule has 6 heteroatoms. The van der Waals surface area contributed by atoms with Gasteiger partial charge in [-0.2, -0.15) is 5.10 Å². The second-order valence-electron chi connectivity index (χ2n) is 7.11. The monoisotopic (exact) mass is 352 g/mol. The molecule has 1 saturated heterocycles. The maximum atomic E-state index is 13.1. The van der Waals surface area contributed by atoms with Gasteiger partial charge < -0.3 is 14.6 Å². The molecule has 1 aromatic carbocycles. The van der Waals surface area contributed by atoms with Crippen molar-refractivity contribution in [1.82, 2.24) is 20.1 Å². The number of hydrogen-bond donors (Lipinski definition) is 2. The summed E-state index contributed by atoms with van der Waals surface area (Å²) in [5, 5.41) is 8.12. The number of aryl methyl sites for hydroxylation is 1. The van der Waals surface area contributed by atoms with Crippen molar-refractivity contribution in [2.75, 3.05) is 20.2 Å². The van der Waals surface area contributed by atoms with Crippen LogP contribution in [0, 0.1) is 12.8 Å². The Morgan fingerprint density at radius 3 is 3.08 bits per heavy atom. The molecule has 26 heavy (non-hydrogen) atoms. The summed E-state index contributed by atoms with van der Waals surface area (Å²) in [5.74, 6) is 1.32. The van der Waals surface area contributed by atoms with Gasteiger partial charge in [-0.3, -0.25) is 9.89 Å². The number of aromatic nitrogens is 3. The van der Waals surface area contributed by atoms with Gasteiger partial charge in [0, 0.05) is 35.9 Å². The number of carbonyl (C=O) groups excluding carboxylic acids is 1. The summed E-state index contributed by atoms with van der Waals surface area (Å²) < 4.78 is 5.31. The molecule has 6 nitrogen and oxygen atoms in total. The molecule has 1 aliphatic rings. The number of methoxy groups -OCH3 is 1. The lowest BCUT2D eigenvalue weighted by Crippen LogP contribution is -2.40. The number of piperidine rings is 1. The molecule has 1 amide bonds. The topological polar surface area (TPSA) is 74.0 Å². The number of nitrogens with zero attached hydrogens (tertiary/aromatic N) is 2. The molecule has 0 radical (unpaired) electrons. The number of benzene rings is 1. The molecular weight excluding hydrogens is 328 g/mol. The smallest absolute Gasteiger partial charge is 0.256 e. The first-order valence-electron chi connectivity index (χ1n) is 9.09. The Hall–Kier alpha value is -2.76. The molecule has 4 rings (SSSR count). The largest absolute Gasteiger partial charge is 0.497 e. The summed E-state index contributed by atoms with van der Waals surface area (Å²) in [4.78, 5) is 18.3. The van der Waals surface area contributed by atoms with E-state index in [2.05, 4.69) is 22.1 Å². The maximum Gasteiger partial charge on any atom is 0.256 e. The number of nitrogens with one attached hydrogen (secondary N) is 2. The average Bonchev–Trinajstić information content (AvgIpc) is 3.27. The van der Waals surface area contributed by atoms with Crippen LogP contribution in [-0.2, 0) is 6.42 Å². The summed E-state index contributed by atoms with van der Waals surface area (Å²) in [6.07, 6.45) is 6.80. The fourth-order valence-electron chi connectivity index (χ4n) is 3.86. The van der Waals surface area contributed by atoms with Gasteiger partial charge in [0.2, 0.25) is 0 Å². The standard InChI is InChI=1S/C20H24N4O2/c1-13-10-22-23-19(13)8-14-4-3-7-24(12-14)20(25)17-11-21-18-6-5-15(26-2)9-16(17)18/h5-6,9-11,14,21H,3-4,7-8,12H2,1-2H3,(H,22,23). The number of carbonyl (C=O) groups is 1. The molecule has 0 aliphatic carbocycles. The van der Waals surface area contributed by atoms with Gasteiger partial charge in [0.25, 0.3) is 5.91 Å². The molecule has 3 aromatic rings. The van der Waals surface area contributed by atoms with Crippen molar-refractivity contribution in [2.24, 2.45) is 5.92 Å². The van der Waals surface area contributed by atoms with E-state index in [9.17, 15) is 4.79 Å². The fraction of sp³-hybridized carbons (Fsp3) is 0.400. The van der Waals surface area contributed by atoms with Crippen molar-refractivity contribution in [3.8, 4) is 5.75 Å². The van der Waals surface area contributed by atoms with E-state index in [-0.39, 0.29) is 5.91 Å². The Bertz CT molecular complexity index is 927. The van der Waals surface area contributed by atoms with Crippen molar-refractivity contribution < 1.29 is 9.53 Å². The summed E-state index contributed by atoms with van der Waals surface area (Å²) in [6, 6.07) is 5.77. The van der Waals surface area contributed by atoms with Crippen LogP contribution in [0.3, 0.4) is 0 Å². The zero-order chi connectivity index (χ0) is 18.1. The van der Waals surface area contributed by atoms with Crippen LogP contribution in [0.5, 0.6) is 5.75 Å². The van der Waals surface area contributed by atoms with Gasteiger partial charge in [-0.1, -0.05) is 0 Å². The number of aromatic amines is 2. The Morgan fingerprint density at radius 1 is 1.42 bits per heavy atom. The van der Waals surface area contributed by atoms with Crippen LogP contribution in [0.15, 0.2) is 30.6 Å². The van der Waals surface area contributed by atoms with Crippen LogP contribution >= 0.6 is 0 Å². The van der Waals surface area contributed by atoms with E-state index >= 15 is 0 Å². The summed E-state index contributed by atoms with van der Waals surface area (Å²) in [5.41, 5.74) is 4.05. The van der Waals surface area contributed by atoms with Gasteiger partial charge in [-0.05, 0) is 55.9 Å². The predicted octanol–water partition coefficient (Wildman–Crippen LogP) is 3.30. The van der Waals surface area contributed by atoms with E-state index < -0.39 is 0 Å². The second-order valence-corrected chi connectivity index (χ2v) is 7.11. The third kappa shape index (κ3) is 3.07. The number of amides is 1. The summed E-state index contributed by atoms with van der Waals surface area (Å²) in [6.45, 7) is 3.67. The lowest BCUT2D eigenvalue weighted by molar-refractivity contribution is 0.0675. The van der Waals surface area contributed by atoms with Crippen molar-refractivity contribution in [3.63, 3.8) is 0 Å². The van der Waals surface area contributed by atoms with Gasteiger partial charge in [0.1, 0.15) is 5.75 Å². The Morgan fingerprint density at radius 2 is 2.31 bits per heavy atom. The highest BCUT2D eigenvalue weighted by molar-refractivity contribution is 6.07. The van der Waals surface area contributed by atoms with Gasteiger partial charge in [0.05, 0.1) is 18.9 Å². The van der Waals surface area contributed by atoms with E-state index in [1.807, 2.05) is 35.5 Å². The molecule has 1 atom stereocenters. The average molecular weight is 352 g/mol. The molecule has 2 N–H and O–H groups in total. The molecular formula is C20H24N4O2. The highest BCUT2D eigenvalue weighted by atomic mass is 16.5. The third-order valence-corrected chi connectivity index (χ3v) is 5.35. The van der Waals surface area contributed by atoms with E-state index in [1.165, 1.54) is 11.3 Å². The first-order chi connectivity index (χ1) is 12.7. The lowest BCUT2D eigenvalue weighted by atomic mass is 9.92. The number of ether oxygens (including phenoxy) is 1. The van der Waals surface area contributed by atoms with E-state index in [0.29, 0.717) is 5.92 Å². The van der Waals surface area contributed by atoms with Crippen molar-refractivity contribution in [2.45, 2.75) is 26.2 Å². The number of likely N-dealkylation sites (tertiary alicyclic amines) is 1. The van der Waals surface area contributed by atoms with Crippen molar-refractivity contribution >= 4 is 16.8 Å². The summed E-state index contributed by atoms with van der Waals surface area (Å²) >= 11 is 0. The van der Waals surface area contributed by atoms with E-state index in [1.54, 1.807) is 7.11 Å². The maximum absolute atomic E-state index is 13.1. The van der Waals surface area contributed by atoms with Crippen LogP contribution in [0.1, 0.15) is 34.5 Å². The zero-order valence-electron chi connectivity index (χ0n) is 15.2. The third-order valence-electron chi connectivity index (χ3n) is 5.35. The SMILES string of the molecule is COc1ccc2[nH]cc(C(=O)N3CCCC(Cc4[nH]ncc4C)C3)c2c1. The molecule has 0 spiro atoms. The molecule has 0 bridgehead atoms. The number of rotatable bonds is 4. The first kappa shape index (κ1) is 16.7. The van der Waals surface area contributed by atoms with Crippen LogP contribution in [0.25, 0.3) is 10.9 Å². The van der Waals surface area contributed by atoms with E-state index in [0.717, 1.165) is 54.6 Å². The molecule has 1 aliphatic heterocycles. The molecule has 3 heterocycles. The molecule has 1 fully saturated rings. The van der Waals surface area contributed by atoms with Gasteiger partial charge >= 0.3 is 0 Å². The highest BCUT2D eigenvalue weighted by Gasteiger charge is 2.26. The predicted molar refractivity (Wildman–Crippen MR) is 101 cm³/mol. The lowest BCUT2D eigenvalue weighted by Gasteiger charge is -2.32. The van der Waals surface area contributed by atoms with E-state index in [4.69, 9.17) is 4.74 Å². The molecule has 136 valence electrons. The zero-order valence-corrected chi connectivity index (χ0v) is 15.2. The van der Waals surface area contributed by atoms with Gasteiger partial charge in [-0.15, -0.1) is 0 Å². The molecule has 2 aromatic heterocycles. The molecule has 0 saturated carbocycles. The van der Waals surface area contributed by atoms with Crippen LogP contribution in [-0.4, -0.2) is 46.2 Å². The number of fused-ring (bicyclic) bond motifs is 1. The van der Waals surface area contributed by atoms with Crippen LogP contribution in [0.4, 0.5) is 0 Å². The number of hydrogen-bond acceptors (Lipinski definition) is 3. The fourth-order valence-corrected chi connectivity index (χ4v) is 3.86. The molecule has 1 unspecified atom stereocenters. The number of H-pyrrole nitrogens is 2. The Kier molecular flexibility index (Phi) is 4.41. The Balaban J connectivity index is 1.53. The summed E-state index contributed by atoms with van der Waals surface area (Å²) in [7, 11) is 1.64. The van der Waals surface area contributed by atoms with Crippen molar-refractivity contribution in [3.05, 3.63) is 47.4 Å². The van der Waals surface area contributed by atoms with Crippen LogP contribution in [0.2, 0.25) is 0 Å². The minimum atomic E-state index is 0.0931. The highest BCUT2D eigenvalue weighted by Crippen LogP contribution is 2.27. The quantitative estimate of drug-likeness (QED) is 0.756. The van der Waals surface area contributed by atoms with Crippen molar-refractivity contribution in [1.29, 1.82) is 0 Å². The van der Waals surface area contributed by atoms with Gasteiger partial charge in [0.15, 0.2) is 0 Å². The minimum absolute atomic E-state index is 0.0931. The minimum Gasteiger partial charge on any atom is -0.497 e. The van der Waals surface area contributed by atoms with Crippen LogP contribution < -0.4 is 4.74 Å². The normalized spacial score (nSPS) is 17.6. The second kappa shape index (κ2) is 6.86.